The van der Waals surface area contributed by atoms with E-state index in [1.807, 2.05) is 30.5 Å². The largest absolute Gasteiger partial charge is 0.496 e. The second-order valence-electron chi connectivity index (χ2n) is 7.55. The topological polar surface area (TPSA) is 87.7 Å². The first-order valence-electron chi connectivity index (χ1n) is 10.6. The fourth-order valence-corrected chi connectivity index (χ4v) is 4.43. The molecule has 1 aliphatic heterocycles. The number of nitrogens with zero attached hydrogens (tertiary/aromatic N) is 1. The zero-order valence-electron chi connectivity index (χ0n) is 17.9. The van der Waals surface area contributed by atoms with Gasteiger partial charge in [-0.1, -0.05) is 25.1 Å². The highest BCUT2D eigenvalue weighted by Gasteiger charge is 2.34. The number of hydrogen-bond acceptors (Lipinski definition) is 5. The molecule has 1 aromatic carbocycles. The molecule has 1 fully saturated rings. The highest BCUT2D eigenvalue weighted by molar-refractivity contribution is 7.12. The lowest BCUT2D eigenvalue weighted by Gasteiger charge is -2.36. The number of amides is 3. The van der Waals surface area contributed by atoms with Gasteiger partial charge in [0.05, 0.1) is 17.6 Å². The zero-order chi connectivity index (χ0) is 22.2. The lowest BCUT2D eigenvalue weighted by molar-refractivity contribution is -0.124. The summed E-state index contributed by atoms with van der Waals surface area (Å²) in [6, 6.07) is 10.1. The summed E-state index contributed by atoms with van der Waals surface area (Å²) in [5, 5.41) is 7.67. The van der Waals surface area contributed by atoms with E-state index in [2.05, 4.69) is 10.6 Å². The average Bonchev–Trinajstić information content (AvgIpc) is 3.35. The van der Waals surface area contributed by atoms with Crippen molar-refractivity contribution in [2.75, 3.05) is 26.7 Å². The zero-order valence-corrected chi connectivity index (χ0v) is 18.7. The second-order valence-corrected chi connectivity index (χ2v) is 8.50. The van der Waals surface area contributed by atoms with E-state index >= 15 is 0 Å². The summed E-state index contributed by atoms with van der Waals surface area (Å²) in [6.07, 6.45) is 2.09. The number of benzene rings is 1. The number of thiophene rings is 1. The maximum absolute atomic E-state index is 13.0. The normalized spacial score (nSPS) is 15.2. The summed E-state index contributed by atoms with van der Waals surface area (Å²) in [5.74, 6) is 0.0306. The highest BCUT2D eigenvalue weighted by atomic mass is 32.1. The van der Waals surface area contributed by atoms with Gasteiger partial charge in [-0.15, -0.1) is 11.3 Å². The number of nitrogens with one attached hydrogen (secondary N) is 2. The Labute approximate surface area is 186 Å². The summed E-state index contributed by atoms with van der Waals surface area (Å²) < 4.78 is 5.32. The molecule has 0 unspecified atom stereocenters. The fourth-order valence-electron chi connectivity index (χ4n) is 3.80. The smallest absolute Gasteiger partial charge is 0.262 e. The van der Waals surface area contributed by atoms with Crippen LogP contribution in [0.5, 0.6) is 5.75 Å². The van der Waals surface area contributed by atoms with E-state index < -0.39 is 6.04 Å². The Morgan fingerprint density at radius 1 is 1.16 bits per heavy atom. The van der Waals surface area contributed by atoms with Crippen LogP contribution in [0.15, 0.2) is 41.8 Å². The van der Waals surface area contributed by atoms with Crippen LogP contribution in [-0.4, -0.2) is 55.4 Å². The molecule has 166 valence electrons. The van der Waals surface area contributed by atoms with Crippen molar-refractivity contribution in [3.05, 3.63) is 52.2 Å². The SMILES string of the molecule is CCCNC(=O)[C@H](NC(=O)c1cccs1)C1CCN(C(=O)c2ccccc2OC)CC1. The standard InChI is InChI=1S/C23H29N3O4S/c1-3-12-24-22(28)20(25-21(27)19-9-6-15-31-19)16-10-13-26(14-11-16)23(29)17-7-4-5-8-18(17)30-2/h4-9,15-16,20H,3,10-14H2,1-2H3,(H,24,28)(H,25,27)/t20-/m1/s1. The molecular formula is C23H29N3O4S. The minimum absolute atomic E-state index is 0.0394. The van der Waals surface area contributed by atoms with Crippen LogP contribution in [0.25, 0.3) is 0 Å². The van der Waals surface area contributed by atoms with E-state index in [1.165, 1.54) is 11.3 Å². The van der Waals surface area contributed by atoms with Crippen molar-refractivity contribution in [1.29, 1.82) is 0 Å². The van der Waals surface area contributed by atoms with Gasteiger partial charge in [-0.3, -0.25) is 14.4 Å². The summed E-state index contributed by atoms with van der Waals surface area (Å²) in [5.41, 5.74) is 0.534. The number of likely N-dealkylation sites (tertiary alicyclic amines) is 1. The number of hydrogen-bond donors (Lipinski definition) is 2. The van der Waals surface area contributed by atoms with Gasteiger partial charge >= 0.3 is 0 Å². The molecule has 2 heterocycles. The molecule has 7 nitrogen and oxygen atoms in total. The van der Waals surface area contributed by atoms with Crippen molar-refractivity contribution in [3.63, 3.8) is 0 Å². The number of piperidine rings is 1. The Morgan fingerprint density at radius 3 is 2.55 bits per heavy atom. The molecule has 1 aromatic heterocycles. The predicted octanol–water partition coefficient (Wildman–Crippen LogP) is 2.93. The number of para-hydroxylation sites is 1. The first-order chi connectivity index (χ1) is 15.0. The van der Waals surface area contributed by atoms with Crippen LogP contribution >= 0.6 is 11.3 Å². The Morgan fingerprint density at radius 2 is 1.90 bits per heavy atom. The Hall–Kier alpha value is -2.87. The summed E-state index contributed by atoms with van der Waals surface area (Å²) in [4.78, 5) is 40.7. The van der Waals surface area contributed by atoms with Gasteiger partial charge in [0.15, 0.2) is 0 Å². The molecular weight excluding hydrogens is 414 g/mol. The quantitative estimate of drug-likeness (QED) is 0.657. The molecule has 0 saturated carbocycles. The Kier molecular flexibility index (Phi) is 8.06. The van der Waals surface area contributed by atoms with Gasteiger partial charge in [-0.25, -0.2) is 0 Å². The molecule has 0 aliphatic carbocycles. The van der Waals surface area contributed by atoms with Crippen molar-refractivity contribution >= 4 is 29.1 Å². The molecule has 3 amide bonds. The molecule has 2 N–H and O–H groups in total. The molecule has 8 heteroatoms. The molecule has 31 heavy (non-hydrogen) atoms. The van der Waals surface area contributed by atoms with Crippen LogP contribution in [0.3, 0.4) is 0 Å². The van der Waals surface area contributed by atoms with Crippen LogP contribution in [-0.2, 0) is 4.79 Å². The van der Waals surface area contributed by atoms with E-state index in [9.17, 15) is 14.4 Å². The van der Waals surface area contributed by atoms with Gasteiger partial charge < -0.3 is 20.3 Å². The Bertz CT molecular complexity index is 892. The summed E-state index contributed by atoms with van der Waals surface area (Å²) >= 11 is 1.35. The van der Waals surface area contributed by atoms with Gasteiger partial charge in [0.1, 0.15) is 11.8 Å². The van der Waals surface area contributed by atoms with E-state index in [0.29, 0.717) is 48.7 Å². The average molecular weight is 444 g/mol. The van der Waals surface area contributed by atoms with Crippen LogP contribution in [0, 0.1) is 5.92 Å². The fraction of sp³-hybridized carbons (Fsp3) is 0.435. The van der Waals surface area contributed by atoms with Crippen LogP contribution in [0.2, 0.25) is 0 Å². The lowest BCUT2D eigenvalue weighted by Crippen LogP contribution is -2.53. The lowest BCUT2D eigenvalue weighted by atomic mass is 9.88. The number of methoxy groups -OCH3 is 1. The van der Waals surface area contributed by atoms with Gasteiger partial charge in [0.2, 0.25) is 5.91 Å². The monoisotopic (exact) mass is 443 g/mol. The molecule has 1 atom stereocenters. The summed E-state index contributed by atoms with van der Waals surface area (Å²) in [7, 11) is 1.55. The second kappa shape index (κ2) is 10.9. The van der Waals surface area contributed by atoms with Crippen molar-refractivity contribution < 1.29 is 19.1 Å². The first-order valence-corrected chi connectivity index (χ1v) is 11.5. The number of ether oxygens (including phenoxy) is 1. The van der Waals surface area contributed by atoms with Crippen molar-refractivity contribution in [2.24, 2.45) is 5.92 Å². The molecule has 0 radical (unpaired) electrons. The molecule has 0 spiro atoms. The van der Waals surface area contributed by atoms with Crippen molar-refractivity contribution in [1.82, 2.24) is 15.5 Å². The predicted molar refractivity (Wildman–Crippen MR) is 120 cm³/mol. The molecule has 1 saturated heterocycles. The van der Waals surface area contributed by atoms with Crippen LogP contribution < -0.4 is 15.4 Å². The molecule has 2 aromatic rings. The maximum Gasteiger partial charge on any atom is 0.262 e. The van der Waals surface area contributed by atoms with E-state index in [1.54, 1.807) is 30.2 Å². The molecule has 1 aliphatic rings. The third-order valence-electron chi connectivity index (χ3n) is 5.50. The van der Waals surface area contributed by atoms with Crippen LogP contribution in [0.4, 0.5) is 0 Å². The van der Waals surface area contributed by atoms with Crippen molar-refractivity contribution in [2.45, 2.75) is 32.2 Å². The number of carbonyl (C=O) groups excluding carboxylic acids is 3. The number of rotatable bonds is 8. The van der Waals surface area contributed by atoms with E-state index in [-0.39, 0.29) is 23.6 Å². The van der Waals surface area contributed by atoms with Gasteiger partial charge in [0, 0.05) is 19.6 Å². The van der Waals surface area contributed by atoms with E-state index in [4.69, 9.17) is 4.74 Å². The van der Waals surface area contributed by atoms with Gasteiger partial charge in [-0.05, 0) is 48.8 Å². The van der Waals surface area contributed by atoms with E-state index in [0.717, 1.165) is 6.42 Å². The van der Waals surface area contributed by atoms with Crippen molar-refractivity contribution in [3.8, 4) is 5.75 Å². The minimum atomic E-state index is -0.621. The third-order valence-corrected chi connectivity index (χ3v) is 6.37. The number of carbonyl (C=O) groups is 3. The van der Waals surface area contributed by atoms with Gasteiger partial charge in [-0.2, -0.15) is 0 Å². The highest BCUT2D eigenvalue weighted by Crippen LogP contribution is 2.26. The summed E-state index contributed by atoms with van der Waals surface area (Å²) in [6.45, 7) is 3.60. The van der Waals surface area contributed by atoms with Gasteiger partial charge in [0.25, 0.3) is 11.8 Å². The molecule has 3 rings (SSSR count). The minimum Gasteiger partial charge on any atom is -0.496 e. The Balaban J connectivity index is 1.67. The van der Waals surface area contributed by atoms with Crippen LogP contribution in [0.1, 0.15) is 46.2 Å². The molecule has 0 bridgehead atoms. The first kappa shape index (κ1) is 22.8. The third kappa shape index (κ3) is 5.64. The maximum atomic E-state index is 13.0.